The van der Waals surface area contributed by atoms with E-state index < -0.39 is 47.7 Å². The van der Waals surface area contributed by atoms with Crippen LogP contribution in [0.15, 0.2) is 42.5 Å². The van der Waals surface area contributed by atoms with E-state index in [0.717, 1.165) is 30.2 Å². The van der Waals surface area contributed by atoms with Crippen LogP contribution < -0.4 is 21.3 Å². The number of hydrogen-bond acceptors (Lipinski definition) is 5. The van der Waals surface area contributed by atoms with Gasteiger partial charge in [-0.3, -0.25) is 14.9 Å². The van der Waals surface area contributed by atoms with Gasteiger partial charge in [0.15, 0.2) is 0 Å². The summed E-state index contributed by atoms with van der Waals surface area (Å²) in [7, 11) is 0. The minimum atomic E-state index is -1.10. The van der Waals surface area contributed by atoms with Crippen molar-refractivity contribution < 1.29 is 28.3 Å². The highest BCUT2D eigenvalue weighted by atomic mass is 19.1. The molecule has 2 aromatic rings. The summed E-state index contributed by atoms with van der Waals surface area (Å²) < 4.78 is 27.3. The summed E-state index contributed by atoms with van der Waals surface area (Å²) in [6, 6.07) is 8.35. The number of carbonyl (C=O) groups excluding carboxylic acids is 3. The first-order chi connectivity index (χ1) is 16.2. The fourth-order valence-corrected chi connectivity index (χ4v) is 3.79. The van der Waals surface area contributed by atoms with E-state index in [0.29, 0.717) is 6.54 Å². The van der Waals surface area contributed by atoms with Crippen LogP contribution in [0.25, 0.3) is 0 Å². The van der Waals surface area contributed by atoms with Gasteiger partial charge in [-0.2, -0.15) is 0 Å². The minimum Gasteiger partial charge on any atom is -0.390 e. The summed E-state index contributed by atoms with van der Waals surface area (Å²) in [5.41, 5.74) is 2.47. The number of aryl methyl sites for hydroxylation is 1. The number of rotatable bonds is 11. The Labute approximate surface area is 196 Å². The molecular formula is C24H28F2N4O4. The number of carbonyl (C=O) groups is 3. The third kappa shape index (κ3) is 7.32. The zero-order valence-corrected chi connectivity index (χ0v) is 18.7. The van der Waals surface area contributed by atoms with Gasteiger partial charge >= 0.3 is 6.03 Å². The minimum absolute atomic E-state index is 0.0438. The standard InChI is InChI=1S/C24H28F2N4O4/c1-2-14-4-3-5-15(6-14)12-27-13-21(31)19(9-16-7-17(25)10-18(26)8-16)28-22(32)11-20-23(33)30-24(34)29-20/h3-8,10,19-21,27,31H,2,9,11-13H2,1H3,(H,28,32)(H2,29,30,33,34)/t19-,20?,21-/m0/s1. The van der Waals surface area contributed by atoms with Crippen LogP contribution in [0.5, 0.6) is 0 Å². The third-order valence-corrected chi connectivity index (χ3v) is 5.52. The number of nitrogens with one attached hydrogen (secondary N) is 4. The molecule has 1 aliphatic heterocycles. The molecule has 0 bridgehead atoms. The predicted molar refractivity (Wildman–Crippen MR) is 121 cm³/mol. The van der Waals surface area contributed by atoms with E-state index in [4.69, 9.17) is 0 Å². The van der Waals surface area contributed by atoms with Crippen molar-refractivity contribution in [1.82, 2.24) is 21.3 Å². The van der Waals surface area contributed by atoms with Gasteiger partial charge in [-0.25, -0.2) is 13.6 Å². The fraction of sp³-hybridized carbons (Fsp3) is 0.375. The molecule has 0 aromatic heterocycles. The van der Waals surface area contributed by atoms with E-state index >= 15 is 0 Å². The zero-order valence-electron chi connectivity index (χ0n) is 18.7. The lowest BCUT2D eigenvalue weighted by Gasteiger charge is -2.25. The zero-order chi connectivity index (χ0) is 24.7. The first-order valence-corrected chi connectivity index (χ1v) is 11.1. The molecule has 34 heavy (non-hydrogen) atoms. The topological polar surface area (TPSA) is 120 Å². The molecule has 1 unspecified atom stereocenters. The third-order valence-electron chi connectivity index (χ3n) is 5.52. The summed E-state index contributed by atoms with van der Waals surface area (Å²) in [5, 5.41) is 20.9. The lowest BCUT2D eigenvalue weighted by atomic mass is 10.00. The Morgan fingerprint density at radius 1 is 1.09 bits per heavy atom. The van der Waals surface area contributed by atoms with Crippen molar-refractivity contribution in [2.45, 2.75) is 50.9 Å². The van der Waals surface area contributed by atoms with E-state index in [-0.39, 0.29) is 24.9 Å². The smallest absolute Gasteiger partial charge is 0.322 e. The number of halogens is 2. The molecule has 2 aromatic carbocycles. The van der Waals surface area contributed by atoms with E-state index in [1.54, 1.807) is 0 Å². The molecule has 1 heterocycles. The number of amides is 4. The lowest BCUT2D eigenvalue weighted by molar-refractivity contribution is -0.127. The van der Waals surface area contributed by atoms with Gasteiger partial charge in [0.1, 0.15) is 17.7 Å². The first kappa shape index (κ1) is 25.3. The van der Waals surface area contributed by atoms with Gasteiger partial charge < -0.3 is 21.1 Å². The molecule has 10 heteroatoms. The maximum absolute atomic E-state index is 13.7. The van der Waals surface area contributed by atoms with Gasteiger partial charge in [-0.15, -0.1) is 0 Å². The largest absolute Gasteiger partial charge is 0.390 e. The number of hydrogen-bond donors (Lipinski definition) is 5. The predicted octanol–water partition coefficient (Wildman–Crippen LogP) is 1.30. The number of benzene rings is 2. The van der Waals surface area contributed by atoms with Crippen molar-refractivity contribution >= 4 is 17.8 Å². The highest BCUT2D eigenvalue weighted by molar-refractivity contribution is 6.05. The maximum atomic E-state index is 13.7. The Hall–Kier alpha value is -3.37. The Morgan fingerprint density at radius 2 is 1.79 bits per heavy atom. The molecule has 3 atom stereocenters. The van der Waals surface area contributed by atoms with Crippen molar-refractivity contribution in [2.24, 2.45) is 0 Å². The summed E-state index contributed by atoms with van der Waals surface area (Å²) >= 11 is 0. The molecular weight excluding hydrogens is 446 g/mol. The van der Waals surface area contributed by atoms with Gasteiger partial charge in [0.2, 0.25) is 5.91 Å². The number of imide groups is 1. The second-order valence-electron chi connectivity index (χ2n) is 8.25. The van der Waals surface area contributed by atoms with E-state index in [2.05, 4.69) is 28.9 Å². The highest BCUT2D eigenvalue weighted by Crippen LogP contribution is 2.13. The number of urea groups is 1. The molecule has 182 valence electrons. The van der Waals surface area contributed by atoms with Gasteiger partial charge in [0, 0.05) is 19.2 Å². The van der Waals surface area contributed by atoms with Crippen LogP contribution in [0.2, 0.25) is 0 Å². The number of aliphatic hydroxyl groups is 1. The Kier molecular flexibility index (Phi) is 8.67. The fourth-order valence-electron chi connectivity index (χ4n) is 3.79. The molecule has 0 saturated carbocycles. The normalized spacial score (nSPS) is 17.1. The van der Waals surface area contributed by atoms with Crippen molar-refractivity contribution in [3.05, 3.63) is 70.8 Å². The lowest BCUT2D eigenvalue weighted by Crippen LogP contribution is -2.50. The van der Waals surface area contributed by atoms with Crippen LogP contribution in [0.3, 0.4) is 0 Å². The monoisotopic (exact) mass is 474 g/mol. The molecule has 0 aliphatic carbocycles. The summed E-state index contributed by atoms with van der Waals surface area (Å²) in [4.78, 5) is 35.5. The Morgan fingerprint density at radius 3 is 2.44 bits per heavy atom. The SMILES string of the molecule is CCc1cccc(CNC[C@H](O)[C@H](Cc2cc(F)cc(F)c2)NC(=O)CC2NC(=O)NC2=O)c1. The molecule has 1 aliphatic rings. The second kappa shape index (κ2) is 11.7. The second-order valence-corrected chi connectivity index (χ2v) is 8.25. The van der Waals surface area contributed by atoms with Crippen LogP contribution in [0.4, 0.5) is 13.6 Å². The molecule has 1 saturated heterocycles. The van der Waals surface area contributed by atoms with Gasteiger partial charge in [-0.1, -0.05) is 31.2 Å². The maximum Gasteiger partial charge on any atom is 0.322 e. The Balaban J connectivity index is 1.64. The quantitative estimate of drug-likeness (QED) is 0.315. The van der Waals surface area contributed by atoms with Gasteiger partial charge in [-0.05, 0) is 41.7 Å². The molecule has 1 fully saturated rings. The van der Waals surface area contributed by atoms with E-state index in [9.17, 15) is 28.3 Å². The molecule has 3 rings (SSSR count). The molecule has 0 radical (unpaired) electrons. The van der Waals surface area contributed by atoms with Crippen LogP contribution in [0, 0.1) is 11.6 Å². The van der Waals surface area contributed by atoms with Crippen molar-refractivity contribution in [3.63, 3.8) is 0 Å². The highest BCUT2D eigenvalue weighted by Gasteiger charge is 2.32. The average Bonchev–Trinajstić information content (AvgIpc) is 3.09. The van der Waals surface area contributed by atoms with Crippen LogP contribution in [-0.2, 0) is 29.0 Å². The molecule has 8 nitrogen and oxygen atoms in total. The van der Waals surface area contributed by atoms with Crippen molar-refractivity contribution in [2.75, 3.05) is 6.54 Å². The molecule has 5 N–H and O–H groups in total. The molecule has 0 spiro atoms. The number of aliphatic hydroxyl groups excluding tert-OH is 1. The summed E-state index contributed by atoms with van der Waals surface area (Å²) in [6.45, 7) is 2.63. The van der Waals surface area contributed by atoms with Gasteiger partial charge in [0.25, 0.3) is 5.91 Å². The van der Waals surface area contributed by atoms with Gasteiger partial charge in [0.05, 0.1) is 18.6 Å². The van der Waals surface area contributed by atoms with Crippen molar-refractivity contribution in [3.8, 4) is 0 Å². The summed E-state index contributed by atoms with van der Waals surface area (Å²) in [5.74, 6) is -2.76. The van der Waals surface area contributed by atoms with Crippen LogP contribution in [0.1, 0.15) is 30.0 Å². The van der Waals surface area contributed by atoms with Crippen LogP contribution >= 0.6 is 0 Å². The summed E-state index contributed by atoms with van der Waals surface area (Å²) in [6.07, 6.45) is -0.585. The average molecular weight is 475 g/mol. The van der Waals surface area contributed by atoms with E-state index in [1.165, 1.54) is 5.56 Å². The first-order valence-electron chi connectivity index (χ1n) is 11.1. The van der Waals surface area contributed by atoms with Crippen LogP contribution in [-0.4, -0.2) is 47.7 Å². The molecule has 4 amide bonds. The van der Waals surface area contributed by atoms with E-state index in [1.807, 2.05) is 23.5 Å². The van der Waals surface area contributed by atoms with Crippen molar-refractivity contribution in [1.29, 1.82) is 0 Å². The Bertz CT molecular complexity index is 1030.